The van der Waals surface area contributed by atoms with Crippen LogP contribution in [0.15, 0.2) is 59.5 Å². The van der Waals surface area contributed by atoms with Gasteiger partial charge < -0.3 is 14.6 Å². The normalized spacial score (nSPS) is 11.5. The van der Waals surface area contributed by atoms with E-state index in [1.54, 1.807) is 18.2 Å². The maximum absolute atomic E-state index is 13.5. The number of benzene rings is 2. The van der Waals surface area contributed by atoms with Crippen molar-refractivity contribution in [2.75, 3.05) is 5.32 Å². The van der Waals surface area contributed by atoms with Crippen molar-refractivity contribution in [3.63, 3.8) is 0 Å². The van der Waals surface area contributed by atoms with Gasteiger partial charge in [-0.05, 0) is 56.3 Å². The first-order chi connectivity index (χ1) is 15.5. The summed E-state index contributed by atoms with van der Waals surface area (Å²) in [6.07, 6.45) is -3.87. The molecule has 3 rings (SSSR count). The van der Waals surface area contributed by atoms with E-state index in [9.17, 15) is 22.8 Å². The largest absolute Gasteiger partial charge is 0.491 e. The second-order valence-electron chi connectivity index (χ2n) is 7.42. The molecule has 1 N–H and O–H groups in total. The van der Waals surface area contributed by atoms with Gasteiger partial charge in [-0.15, -0.1) is 0 Å². The van der Waals surface area contributed by atoms with Crippen molar-refractivity contribution in [1.29, 1.82) is 0 Å². The molecule has 1 aromatic heterocycles. The minimum absolute atomic E-state index is 0.0573. The lowest BCUT2D eigenvalue weighted by atomic mass is 10.1. The average Bonchev–Trinajstić information content (AvgIpc) is 2.72. The Bertz CT molecular complexity index is 1200. The minimum Gasteiger partial charge on any atom is -0.491 e. The van der Waals surface area contributed by atoms with E-state index in [0.29, 0.717) is 11.8 Å². The first-order valence-corrected chi connectivity index (χ1v) is 10.5. The Morgan fingerprint density at radius 1 is 1.09 bits per heavy atom. The maximum Gasteiger partial charge on any atom is 0.421 e. The van der Waals surface area contributed by atoms with E-state index < -0.39 is 23.2 Å². The summed E-state index contributed by atoms with van der Waals surface area (Å²) in [6, 6.07) is 11.3. The topological polar surface area (TPSA) is 60.3 Å². The lowest BCUT2D eigenvalue weighted by Gasteiger charge is -2.16. The molecule has 0 spiro atoms. The number of amides is 1. The Morgan fingerprint density at radius 3 is 2.24 bits per heavy atom. The van der Waals surface area contributed by atoms with Crippen LogP contribution in [-0.2, 0) is 12.7 Å². The number of carbonyl (C=O) groups excluding carboxylic acids is 1. The number of hydrogen-bond donors (Lipinski definition) is 1. The summed E-state index contributed by atoms with van der Waals surface area (Å²) in [4.78, 5) is 25.1. The molecule has 1 amide bonds. The van der Waals surface area contributed by atoms with E-state index in [1.165, 1.54) is 24.3 Å². The molecule has 0 unspecified atom stereocenters. The molecular weight excluding hydrogens is 480 g/mol. The Kier molecular flexibility index (Phi) is 7.39. The van der Waals surface area contributed by atoms with Crippen LogP contribution in [0.2, 0.25) is 10.0 Å². The number of rotatable bonds is 6. The lowest BCUT2D eigenvalue weighted by Crippen LogP contribution is -2.30. The van der Waals surface area contributed by atoms with Crippen molar-refractivity contribution in [2.45, 2.75) is 32.7 Å². The van der Waals surface area contributed by atoms with Crippen LogP contribution in [0.25, 0.3) is 0 Å². The molecule has 2 aromatic carbocycles. The van der Waals surface area contributed by atoms with Crippen molar-refractivity contribution in [3.8, 4) is 5.75 Å². The molecule has 0 fully saturated rings. The number of carbonyl (C=O) groups is 1. The average molecular weight is 499 g/mol. The third-order valence-corrected chi connectivity index (χ3v) is 5.24. The van der Waals surface area contributed by atoms with Crippen LogP contribution in [-0.4, -0.2) is 16.6 Å². The summed E-state index contributed by atoms with van der Waals surface area (Å²) in [5.41, 5.74) is -2.44. The zero-order chi connectivity index (χ0) is 24.3. The molecule has 0 aliphatic carbocycles. The van der Waals surface area contributed by atoms with E-state index in [4.69, 9.17) is 27.9 Å². The van der Waals surface area contributed by atoms with Crippen molar-refractivity contribution < 1.29 is 22.7 Å². The van der Waals surface area contributed by atoms with Crippen molar-refractivity contribution in [2.24, 2.45) is 0 Å². The van der Waals surface area contributed by atoms with Crippen LogP contribution in [0.5, 0.6) is 5.75 Å². The van der Waals surface area contributed by atoms with Crippen molar-refractivity contribution in [3.05, 3.63) is 91.8 Å². The number of halogens is 5. The molecule has 1 heterocycles. The quantitative estimate of drug-likeness (QED) is 0.436. The molecule has 0 saturated heterocycles. The van der Waals surface area contributed by atoms with Crippen LogP contribution < -0.4 is 15.6 Å². The smallest absolute Gasteiger partial charge is 0.421 e. The molecule has 33 heavy (non-hydrogen) atoms. The predicted octanol–water partition coefficient (Wildman–Crippen LogP) is 6.26. The fourth-order valence-corrected chi connectivity index (χ4v) is 3.56. The first-order valence-electron chi connectivity index (χ1n) is 9.78. The van der Waals surface area contributed by atoms with Gasteiger partial charge in [0.2, 0.25) is 0 Å². The van der Waals surface area contributed by atoms with E-state index in [0.717, 1.165) is 10.8 Å². The van der Waals surface area contributed by atoms with E-state index in [-0.39, 0.29) is 39.5 Å². The zero-order valence-corrected chi connectivity index (χ0v) is 19.1. The highest BCUT2D eigenvalue weighted by molar-refractivity contribution is 6.36. The summed E-state index contributed by atoms with van der Waals surface area (Å²) in [7, 11) is 0. The van der Waals surface area contributed by atoms with Crippen LogP contribution in [0.1, 0.15) is 35.3 Å². The van der Waals surface area contributed by atoms with E-state index in [1.807, 2.05) is 13.8 Å². The van der Waals surface area contributed by atoms with Crippen LogP contribution in [0.3, 0.4) is 0 Å². The Morgan fingerprint density at radius 2 is 1.70 bits per heavy atom. The summed E-state index contributed by atoms with van der Waals surface area (Å²) in [5.74, 6) is -0.105. The fourth-order valence-electron chi connectivity index (χ4n) is 3.04. The Labute approximate surface area is 197 Å². The molecule has 10 heteroatoms. The van der Waals surface area contributed by atoms with Gasteiger partial charge in [-0.1, -0.05) is 29.3 Å². The lowest BCUT2D eigenvalue weighted by molar-refractivity contribution is -0.138. The number of nitrogens with one attached hydrogen (secondary N) is 1. The van der Waals surface area contributed by atoms with Gasteiger partial charge in [-0.25, -0.2) is 0 Å². The molecule has 0 bridgehead atoms. The number of nitrogens with zero attached hydrogens (tertiary/aromatic N) is 1. The monoisotopic (exact) mass is 498 g/mol. The van der Waals surface area contributed by atoms with Crippen LogP contribution in [0.4, 0.5) is 18.9 Å². The number of ether oxygens (including phenoxy) is 1. The van der Waals surface area contributed by atoms with Gasteiger partial charge in [0.15, 0.2) is 0 Å². The molecular formula is C23H19Cl2F3N2O3. The van der Waals surface area contributed by atoms with Gasteiger partial charge >= 0.3 is 6.18 Å². The third kappa shape index (κ3) is 6.09. The highest BCUT2D eigenvalue weighted by Crippen LogP contribution is 2.30. The molecule has 5 nitrogen and oxygen atoms in total. The minimum atomic E-state index is -4.93. The second kappa shape index (κ2) is 9.89. The summed E-state index contributed by atoms with van der Waals surface area (Å²) in [6.45, 7) is 3.39. The number of pyridine rings is 1. The summed E-state index contributed by atoms with van der Waals surface area (Å²) in [5, 5.41) is 2.80. The van der Waals surface area contributed by atoms with E-state index in [2.05, 4.69) is 5.32 Å². The Balaban J connectivity index is 1.95. The maximum atomic E-state index is 13.5. The molecule has 0 radical (unpaired) electrons. The van der Waals surface area contributed by atoms with Gasteiger partial charge in [0.25, 0.3) is 11.5 Å². The predicted molar refractivity (Wildman–Crippen MR) is 121 cm³/mol. The number of alkyl halides is 3. The first kappa shape index (κ1) is 24.7. The molecule has 0 aliphatic rings. The molecule has 0 aliphatic heterocycles. The van der Waals surface area contributed by atoms with Gasteiger partial charge in [-0.2, -0.15) is 13.2 Å². The van der Waals surface area contributed by atoms with Gasteiger partial charge in [0.05, 0.1) is 18.3 Å². The van der Waals surface area contributed by atoms with Crippen LogP contribution in [0, 0.1) is 0 Å². The fraction of sp³-hybridized carbons (Fsp3) is 0.217. The van der Waals surface area contributed by atoms with Gasteiger partial charge in [-0.3, -0.25) is 9.59 Å². The number of anilines is 1. The highest BCUT2D eigenvalue weighted by atomic mass is 35.5. The highest BCUT2D eigenvalue weighted by Gasteiger charge is 2.35. The summed E-state index contributed by atoms with van der Waals surface area (Å²) >= 11 is 12.2. The van der Waals surface area contributed by atoms with Crippen LogP contribution >= 0.6 is 23.2 Å². The molecule has 3 aromatic rings. The van der Waals surface area contributed by atoms with Crippen molar-refractivity contribution >= 4 is 34.8 Å². The third-order valence-electron chi connectivity index (χ3n) is 4.53. The van der Waals surface area contributed by atoms with Gasteiger partial charge in [0, 0.05) is 27.4 Å². The number of hydrogen-bond acceptors (Lipinski definition) is 3. The summed E-state index contributed by atoms with van der Waals surface area (Å²) < 4.78 is 46.9. The number of aromatic nitrogens is 1. The van der Waals surface area contributed by atoms with Gasteiger partial charge in [0.1, 0.15) is 11.3 Å². The second-order valence-corrected chi connectivity index (χ2v) is 8.23. The molecule has 0 atom stereocenters. The Hall–Kier alpha value is -2.97. The SMILES string of the molecule is CC(C)Oc1ccc(C(=O)Nc2cc(C(F)(F)F)c(=O)n(Cc3c(Cl)cccc3Cl)c2)cc1. The molecule has 0 saturated carbocycles. The molecule has 174 valence electrons. The standard InChI is InChI=1S/C23H19Cl2F3N2O3/c1-13(2)33-16-8-6-14(7-9-16)21(31)29-15-10-18(23(26,27)28)22(32)30(11-15)12-17-19(24)4-3-5-20(17)25/h3-11,13H,12H2,1-2H3,(H,29,31). The van der Waals surface area contributed by atoms with E-state index >= 15 is 0 Å². The van der Waals surface area contributed by atoms with Crippen molar-refractivity contribution in [1.82, 2.24) is 4.57 Å². The zero-order valence-electron chi connectivity index (χ0n) is 17.5.